The number of alkyl halides is 2. The van der Waals surface area contributed by atoms with Gasteiger partial charge in [-0.2, -0.15) is 8.78 Å². The van der Waals surface area contributed by atoms with Gasteiger partial charge in [-0.25, -0.2) is 4.79 Å². The van der Waals surface area contributed by atoms with Crippen LogP contribution in [-0.2, 0) is 10.7 Å². The first-order valence-electron chi connectivity index (χ1n) is 3.22. The Morgan fingerprint density at radius 3 is 2.08 bits per heavy atom. The van der Waals surface area contributed by atoms with Gasteiger partial charge in [-0.15, -0.1) is 0 Å². The maximum Gasteiger partial charge on any atom is 0.379 e. The quantitative estimate of drug-likeness (QED) is 0.725. The first-order valence-corrected chi connectivity index (χ1v) is 3.22. The molecule has 0 fully saturated rings. The number of benzene rings is 1. The largest absolute Gasteiger partial charge is 0.477 e. The minimum Gasteiger partial charge on any atom is -0.477 e. The minimum absolute atomic E-state index is 0. The molecule has 0 spiro atoms. The molecule has 65 valence electrons. The number of aliphatic carboxylic acids is 1. The molecule has 1 aromatic rings. The Bertz CT molecular complexity index is 287. The summed E-state index contributed by atoms with van der Waals surface area (Å²) in [4.78, 5) is 10.1. The smallest absolute Gasteiger partial charge is 0.379 e. The molecule has 0 amide bonds. The van der Waals surface area contributed by atoms with Crippen molar-refractivity contribution >= 4 is 35.5 Å². The molecule has 0 aromatic heterocycles. The van der Waals surface area contributed by atoms with Gasteiger partial charge in [-0.3, -0.25) is 0 Å². The summed E-state index contributed by atoms with van der Waals surface area (Å²) in [5.74, 6) is -5.92. The van der Waals surface area contributed by atoms with Crippen LogP contribution in [0.15, 0.2) is 30.3 Å². The summed E-state index contributed by atoms with van der Waals surface area (Å²) in [6.07, 6.45) is 0. The van der Waals surface area contributed by atoms with Gasteiger partial charge in [0.25, 0.3) is 0 Å². The van der Waals surface area contributed by atoms with E-state index in [0.29, 0.717) is 0 Å². The van der Waals surface area contributed by atoms with E-state index in [-0.39, 0.29) is 29.6 Å². The molecule has 5 heteroatoms. The molecule has 0 bridgehead atoms. The first kappa shape index (κ1) is 12.6. The standard InChI is InChI=1S/C8H6F2O2.Na/c9-8(10,7(11)12)6-4-2-1-3-5-6;/h1-5H,(H,11,12);. The fourth-order valence-electron chi connectivity index (χ4n) is 0.771. The molecule has 0 atom stereocenters. The molecule has 0 aliphatic heterocycles. The molecule has 13 heavy (non-hydrogen) atoms. The van der Waals surface area contributed by atoms with Gasteiger partial charge in [0.1, 0.15) is 0 Å². The average molecular weight is 195 g/mol. The summed E-state index contributed by atoms with van der Waals surface area (Å²) in [6, 6.07) is 6.43. The van der Waals surface area contributed by atoms with Gasteiger partial charge < -0.3 is 5.11 Å². The predicted molar refractivity (Wildman–Crippen MR) is 43.7 cm³/mol. The number of carbonyl (C=O) groups is 1. The molecule has 2 nitrogen and oxygen atoms in total. The molecule has 0 heterocycles. The summed E-state index contributed by atoms with van der Waals surface area (Å²) < 4.78 is 25.4. The second-order valence-corrected chi connectivity index (χ2v) is 2.25. The third kappa shape index (κ3) is 2.76. The number of hydrogen-bond donors (Lipinski definition) is 1. The molecule has 0 saturated carbocycles. The number of hydrogen-bond acceptors (Lipinski definition) is 1. The van der Waals surface area contributed by atoms with E-state index in [1.807, 2.05) is 0 Å². The van der Waals surface area contributed by atoms with E-state index >= 15 is 0 Å². The average Bonchev–Trinajstić information content (AvgIpc) is 2.06. The summed E-state index contributed by atoms with van der Waals surface area (Å²) in [5, 5.41) is 8.14. The van der Waals surface area contributed by atoms with Crippen LogP contribution in [0.1, 0.15) is 5.56 Å². The Morgan fingerprint density at radius 1 is 1.23 bits per heavy atom. The van der Waals surface area contributed by atoms with Crippen LogP contribution in [-0.4, -0.2) is 40.6 Å². The van der Waals surface area contributed by atoms with Crippen LogP contribution in [0.3, 0.4) is 0 Å². The van der Waals surface area contributed by atoms with Crippen molar-refractivity contribution in [2.24, 2.45) is 0 Å². The fraction of sp³-hybridized carbons (Fsp3) is 0.125. The van der Waals surface area contributed by atoms with Crippen LogP contribution in [0.4, 0.5) is 8.78 Å². The SMILES string of the molecule is O=C(O)C(F)(F)c1ccccc1.[Na]. The summed E-state index contributed by atoms with van der Waals surface area (Å²) >= 11 is 0. The Labute approximate surface area is 95.9 Å². The Balaban J connectivity index is 0.00000144. The number of carboxylic acid groups (broad SMARTS) is 1. The van der Waals surface area contributed by atoms with Gasteiger partial charge in [0.15, 0.2) is 0 Å². The van der Waals surface area contributed by atoms with Gasteiger partial charge in [-0.1, -0.05) is 30.3 Å². The van der Waals surface area contributed by atoms with E-state index in [2.05, 4.69) is 0 Å². The van der Waals surface area contributed by atoms with Crippen LogP contribution in [0.5, 0.6) is 0 Å². The van der Waals surface area contributed by atoms with Gasteiger partial charge in [0.2, 0.25) is 0 Å². The van der Waals surface area contributed by atoms with Crippen LogP contribution in [0.2, 0.25) is 0 Å². The van der Waals surface area contributed by atoms with Gasteiger partial charge in [0, 0.05) is 35.1 Å². The number of halogens is 2. The van der Waals surface area contributed by atoms with Crippen molar-refractivity contribution < 1.29 is 18.7 Å². The van der Waals surface area contributed by atoms with Crippen LogP contribution >= 0.6 is 0 Å². The van der Waals surface area contributed by atoms with Crippen molar-refractivity contribution in [1.82, 2.24) is 0 Å². The van der Waals surface area contributed by atoms with E-state index in [9.17, 15) is 13.6 Å². The molecule has 1 aromatic carbocycles. The van der Waals surface area contributed by atoms with E-state index in [4.69, 9.17) is 5.11 Å². The van der Waals surface area contributed by atoms with Crippen LogP contribution in [0, 0.1) is 0 Å². The summed E-state index contributed by atoms with van der Waals surface area (Å²) in [6.45, 7) is 0. The van der Waals surface area contributed by atoms with Crippen LogP contribution < -0.4 is 0 Å². The van der Waals surface area contributed by atoms with Crippen molar-refractivity contribution in [3.05, 3.63) is 35.9 Å². The molecule has 0 aliphatic rings. The van der Waals surface area contributed by atoms with Crippen molar-refractivity contribution in [2.45, 2.75) is 5.92 Å². The number of rotatable bonds is 2. The number of carboxylic acids is 1. The zero-order valence-electron chi connectivity index (χ0n) is 7.00. The summed E-state index contributed by atoms with van der Waals surface area (Å²) in [5.41, 5.74) is -0.502. The molecule has 0 saturated heterocycles. The Hall–Kier alpha value is -0.450. The van der Waals surface area contributed by atoms with Gasteiger partial charge in [0.05, 0.1) is 0 Å². The van der Waals surface area contributed by atoms with Gasteiger partial charge in [-0.05, 0) is 0 Å². The van der Waals surface area contributed by atoms with E-state index in [0.717, 1.165) is 12.1 Å². The van der Waals surface area contributed by atoms with E-state index in [1.54, 1.807) is 6.07 Å². The fourth-order valence-corrected chi connectivity index (χ4v) is 0.771. The molecule has 0 aliphatic carbocycles. The molecule has 1 N–H and O–H groups in total. The zero-order chi connectivity index (χ0) is 9.19. The minimum atomic E-state index is -3.79. The maximum absolute atomic E-state index is 12.7. The molecule has 1 radical (unpaired) electrons. The van der Waals surface area contributed by atoms with E-state index < -0.39 is 17.5 Å². The molecular formula is C8H6F2NaO2. The Morgan fingerprint density at radius 2 is 1.69 bits per heavy atom. The summed E-state index contributed by atoms with van der Waals surface area (Å²) in [7, 11) is 0. The predicted octanol–water partition coefficient (Wildman–Crippen LogP) is 1.48. The Kier molecular flexibility index (Phi) is 4.53. The van der Waals surface area contributed by atoms with Crippen LogP contribution in [0.25, 0.3) is 0 Å². The second-order valence-electron chi connectivity index (χ2n) is 2.25. The topological polar surface area (TPSA) is 37.3 Å². The normalized spacial score (nSPS) is 10.3. The van der Waals surface area contributed by atoms with Crippen molar-refractivity contribution in [1.29, 1.82) is 0 Å². The van der Waals surface area contributed by atoms with Gasteiger partial charge >= 0.3 is 11.9 Å². The second kappa shape index (κ2) is 4.69. The van der Waals surface area contributed by atoms with Crippen molar-refractivity contribution in [3.63, 3.8) is 0 Å². The zero-order valence-corrected chi connectivity index (χ0v) is 9.00. The van der Waals surface area contributed by atoms with Crippen molar-refractivity contribution in [3.8, 4) is 0 Å². The molecule has 0 unspecified atom stereocenters. The first-order chi connectivity index (χ1) is 5.55. The monoisotopic (exact) mass is 195 g/mol. The third-order valence-electron chi connectivity index (χ3n) is 1.40. The molecule has 1 rings (SSSR count). The van der Waals surface area contributed by atoms with Crippen molar-refractivity contribution in [2.75, 3.05) is 0 Å². The maximum atomic E-state index is 12.7. The molecular weight excluding hydrogens is 189 g/mol. The third-order valence-corrected chi connectivity index (χ3v) is 1.40. The van der Waals surface area contributed by atoms with E-state index in [1.165, 1.54) is 12.1 Å².